The van der Waals surface area contributed by atoms with Crippen molar-refractivity contribution in [3.8, 4) is 11.4 Å². The number of aromatic carboxylic acids is 2. The largest absolute Gasteiger partial charge is 0.492 e. The Bertz CT molecular complexity index is 2020. The van der Waals surface area contributed by atoms with Crippen LogP contribution in [0, 0.1) is 6.92 Å². The van der Waals surface area contributed by atoms with Crippen molar-refractivity contribution < 1.29 is 37.8 Å². The highest BCUT2D eigenvalue weighted by Crippen LogP contribution is 2.31. The lowest BCUT2D eigenvalue weighted by atomic mass is 9.87. The lowest BCUT2D eigenvalue weighted by molar-refractivity contribution is 0.0696. The number of ether oxygens (including phenoxy) is 1. The van der Waals surface area contributed by atoms with E-state index in [1.54, 1.807) is 13.0 Å². The molecule has 0 saturated carbocycles. The molecule has 1 amide bonds. The van der Waals surface area contributed by atoms with Crippen molar-refractivity contribution in [2.75, 3.05) is 6.61 Å². The van der Waals surface area contributed by atoms with Gasteiger partial charge in [-0.25, -0.2) is 27.4 Å². The Balaban J connectivity index is 1.69. The van der Waals surface area contributed by atoms with Crippen molar-refractivity contribution >= 4 is 39.2 Å². The summed E-state index contributed by atoms with van der Waals surface area (Å²) in [7, 11) is -4.43. The molecule has 240 valence electrons. The fourth-order valence-electron chi connectivity index (χ4n) is 4.37. The first-order valence-corrected chi connectivity index (χ1v) is 15.3. The maximum atomic E-state index is 13.5. The van der Waals surface area contributed by atoms with E-state index in [0.717, 1.165) is 22.9 Å². The number of azo groups is 1. The fraction of sp³-hybridized carbons (Fsp3) is 0.226. The first kappa shape index (κ1) is 33.3. The molecule has 46 heavy (non-hydrogen) atoms. The minimum absolute atomic E-state index is 0.0590. The summed E-state index contributed by atoms with van der Waals surface area (Å²) < 4.78 is 35.4. The molecule has 0 fully saturated rings. The zero-order valence-corrected chi connectivity index (χ0v) is 26.3. The highest BCUT2D eigenvalue weighted by atomic mass is 32.2. The van der Waals surface area contributed by atoms with E-state index < -0.39 is 38.8 Å². The zero-order chi connectivity index (χ0) is 34.0. The third-order valence-electron chi connectivity index (χ3n) is 6.74. The number of nitrogens with zero attached hydrogens (tertiary/aromatic N) is 3. The second-order valence-electron chi connectivity index (χ2n) is 11.1. The summed E-state index contributed by atoms with van der Waals surface area (Å²) in [6.07, 6.45) is 0. The molecule has 0 aliphatic heterocycles. The molecule has 0 unspecified atom stereocenters. The Morgan fingerprint density at radius 3 is 2.17 bits per heavy atom. The molecular weight excluding hydrogens is 618 g/mol. The molecule has 14 nitrogen and oxygen atoms in total. The Kier molecular flexibility index (Phi) is 9.28. The van der Waals surface area contributed by atoms with Crippen LogP contribution in [0.3, 0.4) is 0 Å². The molecule has 1 heterocycles. The van der Waals surface area contributed by atoms with E-state index in [9.17, 15) is 37.8 Å². The molecule has 4 aromatic rings. The van der Waals surface area contributed by atoms with Crippen LogP contribution in [0.5, 0.6) is 5.75 Å². The average Bonchev–Trinajstić information content (AvgIpc) is 3.27. The predicted octanol–water partition coefficient (Wildman–Crippen LogP) is 5.10. The number of carboxylic acids is 2. The van der Waals surface area contributed by atoms with Crippen LogP contribution >= 0.6 is 0 Å². The number of hydrogen-bond donors (Lipinski definition) is 4. The fourth-order valence-corrected chi connectivity index (χ4v) is 5.51. The van der Waals surface area contributed by atoms with Gasteiger partial charge in [0.05, 0.1) is 40.4 Å². The van der Waals surface area contributed by atoms with Crippen LogP contribution in [0.4, 0.5) is 11.4 Å². The number of nitrogens with one attached hydrogen (secondary N) is 2. The van der Waals surface area contributed by atoms with Gasteiger partial charge >= 0.3 is 11.9 Å². The Morgan fingerprint density at radius 1 is 0.957 bits per heavy atom. The van der Waals surface area contributed by atoms with Gasteiger partial charge in [-0.2, -0.15) is 0 Å². The van der Waals surface area contributed by atoms with Crippen LogP contribution in [0.25, 0.3) is 5.69 Å². The van der Waals surface area contributed by atoms with E-state index in [1.165, 1.54) is 43.3 Å². The minimum Gasteiger partial charge on any atom is -0.492 e. The molecule has 0 radical (unpaired) electrons. The molecular formula is C31H31N5O9S. The number of sulfonamides is 1. The van der Waals surface area contributed by atoms with Crippen LogP contribution in [0.2, 0.25) is 0 Å². The van der Waals surface area contributed by atoms with E-state index >= 15 is 0 Å². The maximum absolute atomic E-state index is 13.5. The molecule has 0 spiro atoms. The van der Waals surface area contributed by atoms with Crippen molar-refractivity contribution in [1.82, 2.24) is 14.5 Å². The molecule has 1 aromatic heterocycles. The van der Waals surface area contributed by atoms with Gasteiger partial charge in [-0.15, -0.1) is 10.2 Å². The summed E-state index contributed by atoms with van der Waals surface area (Å²) in [4.78, 5) is 49.4. The number of aryl methyl sites for hydroxylation is 1. The van der Waals surface area contributed by atoms with Crippen molar-refractivity contribution in [2.24, 2.45) is 10.2 Å². The summed E-state index contributed by atoms with van der Waals surface area (Å²) >= 11 is 0. The van der Waals surface area contributed by atoms with E-state index in [0.29, 0.717) is 5.56 Å². The van der Waals surface area contributed by atoms with E-state index in [4.69, 9.17) is 4.74 Å². The Hall–Kier alpha value is -5.57. The van der Waals surface area contributed by atoms with E-state index in [2.05, 4.69) is 20.0 Å². The van der Waals surface area contributed by atoms with Gasteiger partial charge in [0.25, 0.3) is 21.5 Å². The summed E-state index contributed by atoms with van der Waals surface area (Å²) in [5.41, 5.74) is -1.50. The van der Waals surface area contributed by atoms with Gasteiger partial charge in [0.2, 0.25) is 0 Å². The summed E-state index contributed by atoms with van der Waals surface area (Å²) in [5.74, 6) is -3.72. The highest BCUT2D eigenvalue weighted by Gasteiger charge is 2.27. The number of carboxylic acid groups (broad SMARTS) is 2. The minimum atomic E-state index is -4.43. The van der Waals surface area contributed by atoms with Crippen LogP contribution in [-0.4, -0.2) is 52.9 Å². The monoisotopic (exact) mass is 649 g/mol. The summed E-state index contributed by atoms with van der Waals surface area (Å²) in [5, 5.41) is 29.5. The first-order chi connectivity index (χ1) is 21.5. The third kappa shape index (κ3) is 7.04. The number of amides is 1. The van der Waals surface area contributed by atoms with Crippen molar-refractivity contribution in [3.05, 3.63) is 99.0 Å². The number of carbonyl (C=O) groups is 3. The standard InChI is InChI=1S/C31H31N5O9S/c1-6-45-24-12-11-20(31(3,4)5)16-25(24)46(43,44)35-27(37)22-9-7-8-10-23(22)32-33-26-17(2)34-36(28(26)38)21-14-18(29(39)40)13-19(15-21)30(41)42/h7-16,34H,6H2,1-5H3,(H,35,37)(H,39,40)(H,41,42). The van der Waals surface area contributed by atoms with Gasteiger partial charge in [-0.05, 0) is 67.3 Å². The van der Waals surface area contributed by atoms with Gasteiger partial charge in [0.15, 0.2) is 5.69 Å². The Morgan fingerprint density at radius 2 is 1.59 bits per heavy atom. The lowest BCUT2D eigenvalue weighted by Crippen LogP contribution is -2.31. The maximum Gasteiger partial charge on any atom is 0.335 e. The van der Waals surface area contributed by atoms with Crippen molar-refractivity contribution in [2.45, 2.75) is 44.9 Å². The molecule has 0 bridgehead atoms. The quantitative estimate of drug-likeness (QED) is 0.168. The highest BCUT2D eigenvalue weighted by molar-refractivity contribution is 7.90. The van der Waals surface area contributed by atoms with Gasteiger partial charge in [0, 0.05) is 0 Å². The molecule has 4 rings (SSSR count). The summed E-state index contributed by atoms with van der Waals surface area (Å²) in [6.45, 7) is 9.13. The number of carbonyl (C=O) groups excluding carboxylic acids is 1. The van der Waals surface area contributed by atoms with Crippen LogP contribution in [-0.2, 0) is 15.4 Å². The number of benzene rings is 3. The third-order valence-corrected chi connectivity index (χ3v) is 8.10. The van der Waals surface area contributed by atoms with E-state index in [-0.39, 0.29) is 56.7 Å². The molecule has 0 atom stereocenters. The van der Waals surface area contributed by atoms with Crippen LogP contribution in [0.1, 0.15) is 70.0 Å². The predicted molar refractivity (Wildman–Crippen MR) is 167 cm³/mol. The summed E-state index contributed by atoms with van der Waals surface area (Å²) in [6, 6.07) is 13.7. The van der Waals surface area contributed by atoms with Gasteiger partial charge < -0.3 is 14.9 Å². The number of aromatic amines is 1. The topological polar surface area (TPSA) is 210 Å². The number of H-pyrrole nitrogens is 1. The number of hydrogen-bond acceptors (Lipinski definition) is 9. The second-order valence-corrected chi connectivity index (χ2v) is 12.8. The van der Waals surface area contributed by atoms with Gasteiger partial charge in [-0.3, -0.25) is 14.7 Å². The smallest absolute Gasteiger partial charge is 0.335 e. The molecule has 0 saturated heterocycles. The van der Waals surface area contributed by atoms with Crippen LogP contribution < -0.4 is 15.0 Å². The van der Waals surface area contributed by atoms with Crippen LogP contribution in [0.15, 0.2) is 80.6 Å². The SMILES string of the molecule is CCOc1ccc(C(C)(C)C)cc1S(=O)(=O)NC(=O)c1ccccc1N=Nc1c(C)[nH]n(-c2cc(C(=O)O)cc(C(=O)O)c2)c1=O. The number of rotatable bonds is 10. The van der Waals surface area contributed by atoms with Gasteiger partial charge in [0.1, 0.15) is 10.6 Å². The molecule has 3 aromatic carbocycles. The van der Waals surface area contributed by atoms with Crippen molar-refractivity contribution in [3.63, 3.8) is 0 Å². The van der Waals surface area contributed by atoms with Crippen molar-refractivity contribution in [1.29, 1.82) is 0 Å². The molecule has 0 aliphatic rings. The lowest BCUT2D eigenvalue weighted by Gasteiger charge is -2.21. The normalized spacial score (nSPS) is 11.8. The van der Waals surface area contributed by atoms with Gasteiger partial charge in [-0.1, -0.05) is 39.0 Å². The van der Waals surface area contributed by atoms with E-state index in [1.807, 2.05) is 20.8 Å². The molecule has 0 aliphatic carbocycles. The molecule has 4 N–H and O–H groups in total. The Labute approximate surface area is 263 Å². The molecule has 15 heteroatoms. The zero-order valence-electron chi connectivity index (χ0n) is 25.5. The first-order valence-electron chi connectivity index (χ1n) is 13.8. The number of aromatic nitrogens is 2. The average molecular weight is 650 g/mol. The second kappa shape index (κ2) is 12.8.